The first kappa shape index (κ1) is 30.9. The van der Waals surface area contributed by atoms with Crippen LogP contribution in [0.1, 0.15) is 40.1 Å². The second-order valence-corrected chi connectivity index (χ2v) is 11.6. The SMILES string of the molecule is CNC(C)C(=O)N[C@H]1CN(C(=O)c2ccc(C(C)=O)cc2)c2ccccc2N(Cc2c(OC)ccc3cc(Br)ccc23)C1=O. The summed E-state index contributed by atoms with van der Waals surface area (Å²) >= 11 is 3.54. The van der Waals surface area contributed by atoms with Gasteiger partial charge in [0, 0.05) is 21.2 Å². The van der Waals surface area contributed by atoms with E-state index in [-0.39, 0.29) is 36.6 Å². The summed E-state index contributed by atoms with van der Waals surface area (Å²) in [5, 5.41) is 7.65. The molecule has 3 amide bonds. The van der Waals surface area contributed by atoms with Crippen molar-refractivity contribution in [3.63, 3.8) is 0 Å². The lowest BCUT2D eigenvalue weighted by atomic mass is 10.0. The molecule has 226 valence electrons. The number of carbonyl (C=O) groups is 4. The number of ether oxygens (including phenoxy) is 1. The molecule has 0 fully saturated rings. The summed E-state index contributed by atoms with van der Waals surface area (Å²) in [6, 6.07) is 21.7. The van der Waals surface area contributed by atoms with E-state index in [1.54, 1.807) is 68.4 Å². The van der Waals surface area contributed by atoms with Crippen molar-refractivity contribution in [3.8, 4) is 5.75 Å². The van der Waals surface area contributed by atoms with Gasteiger partial charge in [-0.05, 0) is 74.1 Å². The highest BCUT2D eigenvalue weighted by atomic mass is 79.9. The standard InChI is InChI=1S/C34H33BrN4O5/c1-20(36-3)32(41)37-28-19-39(33(42)23-11-9-22(10-12-23)21(2)40)30-8-6-5-7-29(30)38(34(28)43)18-27-26-15-14-25(35)17-24(26)13-16-31(27)44-4/h5-17,20,28,36H,18-19H2,1-4H3,(H,37,41)/t20?,28-/m0/s1. The largest absolute Gasteiger partial charge is 0.496 e. The lowest BCUT2D eigenvalue weighted by molar-refractivity contribution is -0.128. The Morgan fingerprint density at radius 3 is 2.32 bits per heavy atom. The van der Waals surface area contributed by atoms with Gasteiger partial charge in [0.2, 0.25) is 5.91 Å². The molecule has 0 aliphatic carbocycles. The fourth-order valence-electron chi connectivity index (χ4n) is 5.34. The Bertz CT molecular complexity index is 1760. The van der Waals surface area contributed by atoms with E-state index in [9.17, 15) is 19.2 Å². The summed E-state index contributed by atoms with van der Waals surface area (Å²) in [5.41, 5.74) is 2.65. The number of nitrogens with one attached hydrogen (secondary N) is 2. The van der Waals surface area contributed by atoms with Gasteiger partial charge in [0.15, 0.2) is 5.78 Å². The highest BCUT2D eigenvalue weighted by Crippen LogP contribution is 2.38. The normalized spacial score (nSPS) is 15.4. The predicted molar refractivity (Wildman–Crippen MR) is 174 cm³/mol. The van der Waals surface area contributed by atoms with Crippen molar-refractivity contribution in [1.29, 1.82) is 0 Å². The number of amides is 3. The number of hydrogen-bond acceptors (Lipinski definition) is 6. The van der Waals surface area contributed by atoms with Crippen molar-refractivity contribution in [2.24, 2.45) is 0 Å². The minimum atomic E-state index is -1.05. The summed E-state index contributed by atoms with van der Waals surface area (Å²) in [6.07, 6.45) is 0. The molecule has 1 aliphatic heterocycles. The van der Waals surface area contributed by atoms with E-state index in [1.165, 1.54) is 11.8 Å². The van der Waals surface area contributed by atoms with Gasteiger partial charge in [0.25, 0.3) is 11.8 Å². The third kappa shape index (κ3) is 6.09. The second kappa shape index (κ2) is 13.0. The van der Waals surface area contributed by atoms with Gasteiger partial charge in [-0.15, -0.1) is 0 Å². The molecule has 0 aromatic heterocycles. The molecule has 2 N–H and O–H groups in total. The van der Waals surface area contributed by atoms with Gasteiger partial charge in [0.05, 0.1) is 37.6 Å². The van der Waals surface area contributed by atoms with Crippen LogP contribution in [0.3, 0.4) is 0 Å². The van der Waals surface area contributed by atoms with E-state index in [4.69, 9.17) is 4.74 Å². The Balaban J connectivity index is 1.64. The third-order valence-electron chi connectivity index (χ3n) is 7.91. The molecule has 1 aliphatic rings. The zero-order valence-corrected chi connectivity index (χ0v) is 26.5. The lowest BCUT2D eigenvalue weighted by Gasteiger charge is -2.27. The molecule has 9 nitrogen and oxygen atoms in total. The van der Waals surface area contributed by atoms with E-state index in [0.29, 0.717) is 28.3 Å². The maximum Gasteiger partial charge on any atom is 0.258 e. The van der Waals surface area contributed by atoms with Crippen molar-refractivity contribution in [1.82, 2.24) is 10.6 Å². The number of rotatable bonds is 8. The minimum Gasteiger partial charge on any atom is -0.496 e. The Hall–Kier alpha value is -4.54. The van der Waals surface area contributed by atoms with Crippen molar-refractivity contribution in [3.05, 3.63) is 100 Å². The number of para-hydroxylation sites is 2. The van der Waals surface area contributed by atoms with Crippen molar-refractivity contribution in [2.45, 2.75) is 32.5 Å². The Morgan fingerprint density at radius 2 is 1.66 bits per heavy atom. The van der Waals surface area contributed by atoms with Crippen molar-refractivity contribution < 1.29 is 23.9 Å². The molecule has 1 heterocycles. The number of Topliss-reactive ketones (excluding diaryl/α,β-unsaturated/α-hetero) is 1. The van der Waals surface area contributed by atoms with Crippen LogP contribution in [-0.4, -0.2) is 56.3 Å². The molecule has 0 bridgehead atoms. The van der Waals surface area contributed by atoms with Crippen LogP contribution in [0.5, 0.6) is 5.75 Å². The van der Waals surface area contributed by atoms with E-state index >= 15 is 0 Å². The van der Waals surface area contributed by atoms with Crippen LogP contribution < -0.4 is 25.2 Å². The fourth-order valence-corrected chi connectivity index (χ4v) is 5.72. The summed E-state index contributed by atoms with van der Waals surface area (Å²) in [4.78, 5) is 56.5. The number of methoxy groups -OCH3 is 1. The maximum atomic E-state index is 14.4. The van der Waals surface area contributed by atoms with Gasteiger partial charge >= 0.3 is 0 Å². The lowest BCUT2D eigenvalue weighted by Crippen LogP contribution is -2.55. The molecule has 0 radical (unpaired) electrons. The first-order chi connectivity index (χ1) is 21.1. The van der Waals surface area contributed by atoms with Crippen LogP contribution in [0.15, 0.2) is 83.3 Å². The summed E-state index contributed by atoms with van der Waals surface area (Å²) in [6.45, 7) is 3.19. The number of benzene rings is 4. The molecule has 5 rings (SSSR count). The van der Waals surface area contributed by atoms with Crippen LogP contribution >= 0.6 is 15.9 Å². The van der Waals surface area contributed by atoms with Gasteiger partial charge in [-0.3, -0.25) is 19.2 Å². The summed E-state index contributed by atoms with van der Waals surface area (Å²) in [5.74, 6) is -0.606. The number of anilines is 2. The Kier molecular flexibility index (Phi) is 9.12. The quantitative estimate of drug-likeness (QED) is 0.256. The zero-order chi connectivity index (χ0) is 31.5. The van der Waals surface area contributed by atoms with Crippen LogP contribution in [0.2, 0.25) is 0 Å². The second-order valence-electron chi connectivity index (χ2n) is 10.6. The van der Waals surface area contributed by atoms with E-state index in [2.05, 4.69) is 26.6 Å². The average molecular weight is 658 g/mol. The van der Waals surface area contributed by atoms with Gasteiger partial charge in [-0.1, -0.05) is 52.3 Å². The van der Waals surface area contributed by atoms with E-state index < -0.39 is 12.1 Å². The zero-order valence-electron chi connectivity index (χ0n) is 24.9. The predicted octanol–water partition coefficient (Wildman–Crippen LogP) is 5.10. The molecule has 0 spiro atoms. The van der Waals surface area contributed by atoms with Crippen LogP contribution in [0, 0.1) is 0 Å². The molecule has 2 atom stereocenters. The number of halogens is 1. The summed E-state index contributed by atoms with van der Waals surface area (Å²) in [7, 11) is 3.24. The number of hydrogen-bond donors (Lipinski definition) is 2. The fraction of sp³-hybridized carbons (Fsp3) is 0.235. The molecule has 0 saturated carbocycles. The molecule has 10 heteroatoms. The Morgan fingerprint density at radius 1 is 0.977 bits per heavy atom. The third-order valence-corrected chi connectivity index (χ3v) is 8.40. The monoisotopic (exact) mass is 656 g/mol. The van der Waals surface area contributed by atoms with E-state index in [1.807, 2.05) is 36.4 Å². The highest BCUT2D eigenvalue weighted by Gasteiger charge is 2.38. The highest BCUT2D eigenvalue weighted by molar-refractivity contribution is 9.10. The first-order valence-electron chi connectivity index (χ1n) is 14.2. The molecule has 4 aromatic carbocycles. The number of carbonyl (C=O) groups excluding carboxylic acids is 4. The van der Waals surface area contributed by atoms with Gasteiger partial charge in [-0.25, -0.2) is 0 Å². The van der Waals surface area contributed by atoms with Gasteiger partial charge in [-0.2, -0.15) is 0 Å². The number of fused-ring (bicyclic) bond motifs is 2. The number of nitrogens with zero attached hydrogens (tertiary/aromatic N) is 2. The molecular formula is C34H33BrN4O5. The van der Waals surface area contributed by atoms with Crippen molar-refractivity contribution >= 4 is 61.6 Å². The van der Waals surface area contributed by atoms with Crippen LogP contribution in [0.4, 0.5) is 11.4 Å². The number of ketones is 1. The molecular weight excluding hydrogens is 624 g/mol. The molecule has 0 saturated heterocycles. The topological polar surface area (TPSA) is 108 Å². The Labute approximate surface area is 264 Å². The van der Waals surface area contributed by atoms with Crippen LogP contribution in [-0.2, 0) is 16.1 Å². The maximum absolute atomic E-state index is 14.4. The number of likely N-dealkylation sites (N-methyl/N-ethyl adjacent to an activating group) is 1. The summed E-state index contributed by atoms with van der Waals surface area (Å²) < 4.78 is 6.67. The van der Waals surface area contributed by atoms with Crippen LogP contribution in [0.25, 0.3) is 10.8 Å². The molecule has 4 aromatic rings. The van der Waals surface area contributed by atoms with Crippen molar-refractivity contribution in [2.75, 3.05) is 30.5 Å². The first-order valence-corrected chi connectivity index (χ1v) is 15.0. The van der Waals surface area contributed by atoms with Gasteiger partial charge in [0.1, 0.15) is 11.8 Å². The smallest absolute Gasteiger partial charge is 0.258 e. The van der Waals surface area contributed by atoms with E-state index in [0.717, 1.165) is 20.8 Å². The average Bonchev–Trinajstić information content (AvgIpc) is 3.14. The minimum absolute atomic E-state index is 0.0958. The molecule has 1 unspecified atom stereocenters. The van der Waals surface area contributed by atoms with Gasteiger partial charge < -0.3 is 25.2 Å². The molecule has 44 heavy (non-hydrogen) atoms.